The number of ether oxygens (including phenoxy) is 1. The summed E-state index contributed by atoms with van der Waals surface area (Å²) in [6.45, 7) is 4.76. The second-order valence-corrected chi connectivity index (χ2v) is 4.70. The van der Waals surface area contributed by atoms with E-state index < -0.39 is 0 Å². The van der Waals surface area contributed by atoms with E-state index in [9.17, 15) is 4.79 Å². The van der Waals surface area contributed by atoms with Gasteiger partial charge in [-0.05, 0) is 18.6 Å². The molecule has 2 rings (SSSR count). The molecule has 1 heterocycles. The van der Waals surface area contributed by atoms with Crippen molar-refractivity contribution in [3.63, 3.8) is 0 Å². The Bertz CT molecular complexity index is 504. The molecular formula is C15H19N3O2. The number of nitrogens with zero attached hydrogens (tertiary/aromatic N) is 2. The minimum Gasteiger partial charge on any atom is -0.378 e. The standard InChI is InChI=1S/C15H19N3O2/c1-2-18(15(19)14-11-20-8-7-17-14)10-13-6-4-3-5-12(13)9-16/h3-6,14,17H,2,7-8,10-11H2,1H3. The highest BCUT2D eigenvalue weighted by Crippen LogP contribution is 2.12. The van der Waals surface area contributed by atoms with Gasteiger partial charge in [0.1, 0.15) is 6.04 Å². The molecule has 1 aliphatic heterocycles. The number of likely N-dealkylation sites (N-methyl/N-ethyl adjacent to an activating group) is 1. The summed E-state index contributed by atoms with van der Waals surface area (Å²) in [4.78, 5) is 14.2. The first kappa shape index (κ1) is 14.5. The monoisotopic (exact) mass is 273 g/mol. The molecule has 1 fully saturated rings. The quantitative estimate of drug-likeness (QED) is 0.885. The van der Waals surface area contributed by atoms with E-state index >= 15 is 0 Å². The fourth-order valence-corrected chi connectivity index (χ4v) is 2.26. The van der Waals surface area contributed by atoms with Crippen molar-refractivity contribution in [2.45, 2.75) is 19.5 Å². The number of carbonyl (C=O) groups is 1. The largest absolute Gasteiger partial charge is 0.378 e. The maximum absolute atomic E-state index is 12.4. The number of amides is 1. The lowest BCUT2D eigenvalue weighted by Gasteiger charge is -2.29. The van der Waals surface area contributed by atoms with Gasteiger partial charge in [0.25, 0.3) is 0 Å². The molecule has 1 N–H and O–H groups in total. The van der Waals surface area contributed by atoms with Gasteiger partial charge in [0, 0.05) is 19.6 Å². The van der Waals surface area contributed by atoms with Crippen molar-refractivity contribution >= 4 is 5.91 Å². The van der Waals surface area contributed by atoms with E-state index in [1.807, 2.05) is 25.1 Å². The maximum Gasteiger partial charge on any atom is 0.242 e. The molecule has 1 aromatic carbocycles. The van der Waals surface area contributed by atoms with Crippen molar-refractivity contribution in [1.82, 2.24) is 10.2 Å². The maximum atomic E-state index is 12.4. The van der Waals surface area contributed by atoms with Gasteiger partial charge in [0.15, 0.2) is 0 Å². The lowest BCUT2D eigenvalue weighted by Crippen LogP contribution is -2.52. The molecule has 5 heteroatoms. The summed E-state index contributed by atoms with van der Waals surface area (Å²) in [6.07, 6.45) is 0. The molecule has 5 nitrogen and oxygen atoms in total. The Morgan fingerprint density at radius 2 is 2.35 bits per heavy atom. The topological polar surface area (TPSA) is 65.4 Å². The summed E-state index contributed by atoms with van der Waals surface area (Å²) in [6, 6.07) is 9.26. The average Bonchev–Trinajstić information content (AvgIpc) is 2.53. The van der Waals surface area contributed by atoms with Crippen LogP contribution in [-0.2, 0) is 16.1 Å². The highest BCUT2D eigenvalue weighted by Gasteiger charge is 2.25. The van der Waals surface area contributed by atoms with Crippen LogP contribution in [0.3, 0.4) is 0 Å². The molecule has 0 aliphatic carbocycles. The highest BCUT2D eigenvalue weighted by molar-refractivity contribution is 5.82. The Balaban J connectivity index is 2.08. The smallest absolute Gasteiger partial charge is 0.242 e. The van der Waals surface area contributed by atoms with Crippen LogP contribution in [0.5, 0.6) is 0 Å². The van der Waals surface area contributed by atoms with Crippen LogP contribution in [0, 0.1) is 11.3 Å². The molecule has 1 amide bonds. The van der Waals surface area contributed by atoms with Crippen LogP contribution in [0.4, 0.5) is 0 Å². The van der Waals surface area contributed by atoms with Gasteiger partial charge in [0.05, 0.1) is 24.8 Å². The minimum absolute atomic E-state index is 0.0277. The molecule has 1 aromatic rings. The fraction of sp³-hybridized carbons (Fsp3) is 0.467. The van der Waals surface area contributed by atoms with Gasteiger partial charge in [-0.25, -0.2) is 0 Å². The first-order valence-electron chi connectivity index (χ1n) is 6.84. The SMILES string of the molecule is CCN(Cc1ccccc1C#N)C(=O)C1COCCN1. The van der Waals surface area contributed by atoms with Crippen LogP contribution >= 0.6 is 0 Å². The molecular weight excluding hydrogens is 254 g/mol. The van der Waals surface area contributed by atoms with Crippen molar-refractivity contribution < 1.29 is 9.53 Å². The zero-order valence-corrected chi connectivity index (χ0v) is 11.6. The number of benzene rings is 1. The molecule has 0 bridgehead atoms. The third-order valence-electron chi connectivity index (χ3n) is 3.41. The summed E-state index contributed by atoms with van der Waals surface area (Å²) in [5.74, 6) is 0.0277. The van der Waals surface area contributed by atoms with Gasteiger partial charge in [-0.2, -0.15) is 5.26 Å². The number of hydrogen-bond acceptors (Lipinski definition) is 4. The predicted octanol–water partition coefficient (Wildman–Crippen LogP) is 0.895. The third kappa shape index (κ3) is 3.35. The third-order valence-corrected chi connectivity index (χ3v) is 3.41. The molecule has 0 radical (unpaired) electrons. The molecule has 20 heavy (non-hydrogen) atoms. The number of nitrogens with one attached hydrogen (secondary N) is 1. The summed E-state index contributed by atoms with van der Waals surface area (Å²) in [5, 5.41) is 12.3. The zero-order valence-electron chi connectivity index (χ0n) is 11.6. The van der Waals surface area contributed by atoms with Crippen molar-refractivity contribution in [2.24, 2.45) is 0 Å². The van der Waals surface area contributed by atoms with Crippen LogP contribution in [-0.4, -0.2) is 43.2 Å². The van der Waals surface area contributed by atoms with Crippen molar-refractivity contribution in [3.05, 3.63) is 35.4 Å². The Morgan fingerprint density at radius 3 is 3.00 bits per heavy atom. The number of rotatable bonds is 4. The van der Waals surface area contributed by atoms with E-state index in [0.29, 0.717) is 38.4 Å². The predicted molar refractivity (Wildman–Crippen MR) is 74.9 cm³/mol. The van der Waals surface area contributed by atoms with Crippen LogP contribution in [0.15, 0.2) is 24.3 Å². The normalized spacial score (nSPS) is 18.3. The zero-order chi connectivity index (χ0) is 14.4. The van der Waals surface area contributed by atoms with Crippen LogP contribution in [0.2, 0.25) is 0 Å². The summed E-state index contributed by atoms with van der Waals surface area (Å²) < 4.78 is 5.33. The first-order valence-corrected chi connectivity index (χ1v) is 6.84. The van der Waals surface area contributed by atoms with E-state index in [4.69, 9.17) is 10.00 Å². The number of morpholine rings is 1. The van der Waals surface area contributed by atoms with E-state index in [2.05, 4.69) is 11.4 Å². The van der Waals surface area contributed by atoms with Gasteiger partial charge in [-0.1, -0.05) is 18.2 Å². The summed E-state index contributed by atoms with van der Waals surface area (Å²) >= 11 is 0. The molecule has 1 aliphatic rings. The molecule has 0 aromatic heterocycles. The molecule has 1 unspecified atom stereocenters. The second kappa shape index (κ2) is 7.04. The Hall–Kier alpha value is -1.90. The molecule has 1 atom stereocenters. The van der Waals surface area contributed by atoms with Crippen molar-refractivity contribution in [3.8, 4) is 6.07 Å². The van der Waals surface area contributed by atoms with E-state index in [1.165, 1.54) is 0 Å². The van der Waals surface area contributed by atoms with Gasteiger partial charge >= 0.3 is 0 Å². The average molecular weight is 273 g/mol. The molecule has 0 spiro atoms. The summed E-state index contributed by atoms with van der Waals surface area (Å²) in [5.41, 5.74) is 1.49. The van der Waals surface area contributed by atoms with E-state index in [0.717, 1.165) is 5.56 Å². The van der Waals surface area contributed by atoms with Crippen LogP contribution in [0.1, 0.15) is 18.1 Å². The van der Waals surface area contributed by atoms with E-state index in [1.54, 1.807) is 11.0 Å². The fourth-order valence-electron chi connectivity index (χ4n) is 2.26. The van der Waals surface area contributed by atoms with Gasteiger partial charge in [0.2, 0.25) is 5.91 Å². The van der Waals surface area contributed by atoms with Gasteiger partial charge < -0.3 is 15.0 Å². The minimum atomic E-state index is -0.280. The number of nitriles is 1. The van der Waals surface area contributed by atoms with Crippen LogP contribution < -0.4 is 5.32 Å². The van der Waals surface area contributed by atoms with Crippen LogP contribution in [0.25, 0.3) is 0 Å². The lowest BCUT2D eigenvalue weighted by molar-refractivity contribution is -0.136. The Kier molecular flexibility index (Phi) is 5.10. The van der Waals surface area contributed by atoms with Crippen molar-refractivity contribution in [1.29, 1.82) is 5.26 Å². The van der Waals surface area contributed by atoms with E-state index in [-0.39, 0.29) is 11.9 Å². The second-order valence-electron chi connectivity index (χ2n) is 4.70. The Morgan fingerprint density at radius 1 is 1.55 bits per heavy atom. The van der Waals surface area contributed by atoms with Gasteiger partial charge in [-0.15, -0.1) is 0 Å². The molecule has 106 valence electrons. The van der Waals surface area contributed by atoms with Crippen molar-refractivity contribution in [2.75, 3.05) is 26.3 Å². The lowest BCUT2D eigenvalue weighted by atomic mass is 10.1. The van der Waals surface area contributed by atoms with Gasteiger partial charge in [-0.3, -0.25) is 4.79 Å². The first-order chi connectivity index (χ1) is 9.76. The summed E-state index contributed by atoms with van der Waals surface area (Å²) in [7, 11) is 0. The molecule has 0 saturated carbocycles. The number of carbonyl (C=O) groups excluding carboxylic acids is 1. The highest BCUT2D eigenvalue weighted by atomic mass is 16.5. The Labute approximate surface area is 119 Å². The molecule has 1 saturated heterocycles. The number of hydrogen-bond donors (Lipinski definition) is 1.